The average Bonchev–Trinajstić information content (AvgIpc) is 3.25. The number of nitrogens with two attached hydrogens (primary N) is 1. The summed E-state index contributed by atoms with van der Waals surface area (Å²) in [6.07, 6.45) is 3.02. The maximum absolute atomic E-state index is 15.4. The van der Waals surface area contributed by atoms with E-state index in [2.05, 4.69) is 5.32 Å². The minimum Gasteiger partial charge on any atom is -0.453 e. The van der Waals surface area contributed by atoms with Crippen molar-refractivity contribution in [3.63, 3.8) is 0 Å². The molecule has 0 bridgehead atoms. The van der Waals surface area contributed by atoms with Crippen LogP contribution in [0.3, 0.4) is 0 Å². The zero-order valence-corrected chi connectivity index (χ0v) is 22.4. The average molecular weight is 526 g/mol. The Bertz CT molecular complexity index is 1120. The molecule has 5 atom stereocenters. The van der Waals surface area contributed by atoms with Gasteiger partial charge in [0, 0.05) is 37.2 Å². The number of ether oxygens (including phenoxy) is 1. The van der Waals surface area contributed by atoms with Crippen molar-refractivity contribution in [2.45, 2.75) is 63.5 Å². The minimum atomic E-state index is -0.635. The minimum absolute atomic E-state index is 0.00677. The topological polar surface area (TPSA) is 105 Å². The summed E-state index contributed by atoms with van der Waals surface area (Å²) in [5, 5.41) is 12.8. The molecule has 1 aliphatic heterocycles. The lowest BCUT2D eigenvalue weighted by atomic mass is 9.75. The number of carbonyl (C=O) groups is 2. The molecule has 1 saturated heterocycles. The third-order valence-corrected chi connectivity index (χ3v) is 8.16. The van der Waals surface area contributed by atoms with Gasteiger partial charge in [-0.1, -0.05) is 42.0 Å². The number of benzene rings is 2. The standard InChI is InChI=1S/C30H40FN3O4/c1-19-7-3-8-20(15-19)28-24(10-4-12-25(28)31)23(11-5-13-33-30(37)38-2)21-9-6-14-34(18-21)29(36)22-16-26(32)27(35)17-22/h3-4,7-8,10,12,15,21-23,26-27,35H,5-6,9,11,13-14,16-18,32H2,1-2H3,(H,33,37). The monoisotopic (exact) mass is 525 g/mol. The highest BCUT2D eigenvalue weighted by Gasteiger charge is 2.39. The second-order valence-corrected chi connectivity index (χ2v) is 10.8. The van der Waals surface area contributed by atoms with Crippen LogP contribution in [0.5, 0.6) is 0 Å². The second kappa shape index (κ2) is 12.7. The van der Waals surface area contributed by atoms with E-state index >= 15 is 4.39 Å². The lowest BCUT2D eigenvalue weighted by Crippen LogP contribution is -2.44. The molecule has 7 nitrogen and oxygen atoms in total. The van der Waals surface area contributed by atoms with Gasteiger partial charge in [-0.3, -0.25) is 4.79 Å². The van der Waals surface area contributed by atoms with E-state index in [-0.39, 0.29) is 35.5 Å². The summed E-state index contributed by atoms with van der Waals surface area (Å²) < 4.78 is 20.1. The number of hydrogen-bond acceptors (Lipinski definition) is 5. The summed E-state index contributed by atoms with van der Waals surface area (Å²) in [5.41, 5.74) is 9.43. The molecule has 2 aromatic rings. The molecule has 1 aliphatic carbocycles. The predicted octanol–water partition coefficient (Wildman–Crippen LogP) is 4.36. The molecule has 2 amide bonds. The number of likely N-dealkylation sites (tertiary alicyclic amines) is 1. The molecule has 38 heavy (non-hydrogen) atoms. The molecule has 8 heteroatoms. The van der Waals surface area contributed by atoms with Gasteiger partial charge in [0.1, 0.15) is 5.82 Å². The van der Waals surface area contributed by atoms with E-state index in [9.17, 15) is 14.7 Å². The summed E-state index contributed by atoms with van der Waals surface area (Å²) in [7, 11) is 1.34. The smallest absolute Gasteiger partial charge is 0.406 e. The maximum Gasteiger partial charge on any atom is 0.406 e. The van der Waals surface area contributed by atoms with Gasteiger partial charge in [0.05, 0.1) is 13.2 Å². The van der Waals surface area contributed by atoms with E-state index in [1.165, 1.54) is 13.2 Å². The molecule has 2 aromatic carbocycles. The van der Waals surface area contributed by atoms with E-state index in [0.29, 0.717) is 44.5 Å². The van der Waals surface area contributed by atoms with E-state index in [4.69, 9.17) is 10.5 Å². The first-order valence-electron chi connectivity index (χ1n) is 13.7. The fraction of sp³-hybridized carbons (Fsp3) is 0.533. The molecular formula is C30H40FN3O4. The van der Waals surface area contributed by atoms with Gasteiger partial charge >= 0.3 is 6.09 Å². The number of carbonyl (C=O) groups excluding carboxylic acids is 2. The molecule has 1 heterocycles. The lowest BCUT2D eigenvalue weighted by molar-refractivity contribution is -0.137. The zero-order chi connectivity index (χ0) is 27.2. The van der Waals surface area contributed by atoms with E-state index in [0.717, 1.165) is 36.0 Å². The van der Waals surface area contributed by atoms with Crippen LogP contribution in [-0.2, 0) is 9.53 Å². The molecule has 206 valence electrons. The van der Waals surface area contributed by atoms with Gasteiger partial charge in [-0.2, -0.15) is 0 Å². The lowest BCUT2D eigenvalue weighted by Gasteiger charge is -2.39. The third-order valence-electron chi connectivity index (χ3n) is 8.16. The zero-order valence-electron chi connectivity index (χ0n) is 22.4. The molecule has 1 saturated carbocycles. The molecule has 2 aliphatic rings. The molecule has 5 unspecified atom stereocenters. The number of halogens is 1. The van der Waals surface area contributed by atoms with Crippen molar-refractivity contribution in [1.82, 2.24) is 10.2 Å². The Morgan fingerprint density at radius 1 is 1.24 bits per heavy atom. The van der Waals surface area contributed by atoms with Crippen LogP contribution in [0.4, 0.5) is 9.18 Å². The van der Waals surface area contributed by atoms with Crippen LogP contribution in [-0.4, -0.2) is 60.9 Å². The van der Waals surface area contributed by atoms with Gasteiger partial charge in [0.2, 0.25) is 5.91 Å². The van der Waals surface area contributed by atoms with Crippen LogP contribution in [0.2, 0.25) is 0 Å². The van der Waals surface area contributed by atoms with E-state index in [1.807, 2.05) is 42.2 Å². The van der Waals surface area contributed by atoms with Crippen molar-refractivity contribution in [2.75, 3.05) is 26.7 Å². The highest BCUT2D eigenvalue weighted by molar-refractivity contribution is 5.79. The van der Waals surface area contributed by atoms with Crippen LogP contribution in [0.25, 0.3) is 11.1 Å². The third kappa shape index (κ3) is 6.53. The number of amides is 2. The number of nitrogens with one attached hydrogen (secondary N) is 1. The van der Waals surface area contributed by atoms with Gasteiger partial charge in [-0.05, 0) is 74.5 Å². The van der Waals surface area contributed by atoms with Gasteiger partial charge in [-0.25, -0.2) is 9.18 Å². The number of methoxy groups -OCH3 is 1. The van der Waals surface area contributed by atoms with Crippen LogP contribution in [0.15, 0.2) is 42.5 Å². The summed E-state index contributed by atoms with van der Waals surface area (Å²) in [6.45, 7) is 3.71. The molecule has 0 radical (unpaired) electrons. The number of aryl methyl sites for hydroxylation is 1. The first-order valence-corrected chi connectivity index (χ1v) is 13.7. The van der Waals surface area contributed by atoms with Gasteiger partial charge in [0.15, 0.2) is 0 Å². The number of nitrogens with zero attached hydrogens (tertiary/aromatic N) is 1. The molecule has 0 aromatic heterocycles. The Morgan fingerprint density at radius 2 is 2.03 bits per heavy atom. The van der Waals surface area contributed by atoms with Crippen molar-refractivity contribution in [2.24, 2.45) is 17.6 Å². The second-order valence-electron chi connectivity index (χ2n) is 10.8. The Labute approximate surface area is 224 Å². The molecule has 0 spiro atoms. The van der Waals surface area contributed by atoms with Crippen molar-refractivity contribution in [3.05, 3.63) is 59.4 Å². The number of piperidine rings is 1. The number of alkyl carbamates (subject to hydrolysis) is 1. The van der Waals surface area contributed by atoms with Crippen molar-refractivity contribution in [3.8, 4) is 11.1 Å². The molecule has 2 fully saturated rings. The van der Waals surface area contributed by atoms with Gasteiger partial charge in [-0.15, -0.1) is 0 Å². The Hall–Kier alpha value is -2.97. The van der Waals surface area contributed by atoms with Crippen LogP contribution in [0.1, 0.15) is 55.6 Å². The van der Waals surface area contributed by atoms with E-state index < -0.39 is 12.2 Å². The van der Waals surface area contributed by atoms with Crippen LogP contribution >= 0.6 is 0 Å². The van der Waals surface area contributed by atoms with Crippen molar-refractivity contribution < 1.29 is 23.8 Å². The number of rotatable bonds is 8. The van der Waals surface area contributed by atoms with Crippen molar-refractivity contribution >= 4 is 12.0 Å². The molecule has 4 rings (SSSR count). The molecular weight excluding hydrogens is 485 g/mol. The quantitative estimate of drug-likeness (QED) is 0.444. The predicted molar refractivity (Wildman–Crippen MR) is 145 cm³/mol. The Morgan fingerprint density at radius 3 is 2.74 bits per heavy atom. The summed E-state index contributed by atoms with van der Waals surface area (Å²) >= 11 is 0. The number of aliphatic hydroxyl groups is 1. The fourth-order valence-corrected chi connectivity index (χ4v) is 6.23. The summed E-state index contributed by atoms with van der Waals surface area (Å²) in [4.78, 5) is 26.9. The first kappa shape index (κ1) is 28.0. The van der Waals surface area contributed by atoms with Gasteiger partial charge < -0.3 is 25.8 Å². The van der Waals surface area contributed by atoms with Crippen LogP contribution < -0.4 is 11.1 Å². The largest absolute Gasteiger partial charge is 0.453 e. The van der Waals surface area contributed by atoms with Crippen molar-refractivity contribution in [1.29, 1.82) is 0 Å². The molecule has 4 N–H and O–H groups in total. The Kier molecular flexibility index (Phi) is 9.39. The summed E-state index contributed by atoms with van der Waals surface area (Å²) in [6, 6.07) is 12.8. The normalized spacial score (nSPS) is 24.2. The maximum atomic E-state index is 15.4. The fourth-order valence-electron chi connectivity index (χ4n) is 6.23. The first-order chi connectivity index (χ1) is 18.3. The van der Waals surface area contributed by atoms with Crippen LogP contribution in [0, 0.1) is 24.6 Å². The Balaban J connectivity index is 1.61. The van der Waals surface area contributed by atoms with E-state index in [1.54, 1.807) is 6.07 Å². The number of aliphatic hydroxyl groups excluding tert-OH is 1. The summed E-state index contributed by atoms with van der Waals surface area (Å²) in [5.74, 6) is -0.322. The highest BCUT2D eigenvalue weighted by Crippen LogP contribution is 2.41. The highest BCUT2D eigenvalue weighted by atomic mass is 19.1. The number of hydrogen-bond donors (Lipinski definition) is 3. The SMILES string of the molecule is COC(=O)NCCCC(c1cccc(F)c1-c1cccc(C)c1)C1CCCN(C(=O)C2CC(N)C(O)C2)C1. The van der Waals surface area contributed by atoms with Gasteiger partial charge in [0.25, 0.3) is 0 Å².